The highest BCUT2D eigenvalue weighted by atomic mass is 16.1. The van der Waals surface area contributed by atoms with Gasteiger partial charge in [-0.3, -0.25) is 4.79 Å². The predicted molar refractivity (Wildman–Crippen MR) is 53.8 cm³/mol. The van der Waals surface area contributed by atoms with E-state index >= 15 is 0 Å². The van der Waals surface area contributed by atoms with Crippen LogP contribution in [0.1, 0.15) is 6.92 Å². The first-order valence-electron chi connectivity index (χ1n) is 4.18. The molecule has 0 unspecified atom stereocenters. The van der Waals surface area contributed by atoms with Crippen LogP contribution in [-0.4, -0.2) is 26.3 Å². The second-order valence-electron chi connectivity index (χ2n) is 2.93. The number of nitrogen functional groups attached to an aromatic ring is 1. The van der Waals surface area contributed by atoms with E-state index in [4.69, 9.17) is 5.73 Å². The molecule has 2 aromatic heterocycles. The van der Waals surface area contributed by atoms with Gasteiger partial charge >= 0.3 is 0 Å². The Bertz CT molecular complexity index is 526. The van der Waals surface area contributed by atoms with Crippen molar-refractivity contribution in [2.24, 2.45) is 0 Å². The molecule has 3 N–H and O–H groups in total. The lowest BCUT2D eigenvalue weighted by atomic mass is 10.2. The number of amides is 1. The van der Waals surface area contributed by atoms with Crippen molar-refractivity contribution in [3.8, 4) is 0 Å². The molecule has 76 valence electrons. The van der Waals surface area contributed by atoms with E-state index in [1.54, 1.807) is 0 Å². The normalized spacial score (nSPS) is 10.2. The summed E-state index contributed by atoms with van der Waals surface area (Å²) in [4.78, 5) is 10.9. The highest BCUT2D eigenvalue weighted by Gasteiger charge is 2.08. The molecule has 0 fully saturated rings. The molecule has 1 amide bonds. The molecule has 15 heavy (non-hydrogen) atoms. The molecule has 2 rings (SSSR count). The van der Waals surface area contributed by atoms with E-state index < -0.39 is 0 Å². The second-order valence-corrected chi connectivity index (χ2v) is 2.93. The van der Waals surface area contributed by atoms with E-state index in [2.05, 4.69) is 25.7 Å². The van der Waals surface area contributed by atoms with Gasteiger partial charge in [0, 0.05) is 6.92 Å². The van der Waals surface area contributed by atoms with Gasteiger partial charge in [-0.15, -0.1) is 10.2 Å². The maximum atomic E-state index is 10.9. The molecule has 0 bridgehead atoms. The van der Waals surface area contributed by atoms with Gasteiger partial charge in [0.05, 0.1) is 23.2 Å². The summed E-state index contributed by atoms with van der Waals surface area (Å²) < 4.78 is 0. The maximum absolute atomic E-state index is 10.9. The molecule has 0 radical (unpaired) electrons. The average Bonchev–Trinajstić information content (AvgIpc) is 2.22. The van der Waals surface area contributed by atoms with E-state index in [1.165, 1.54) is 19.3 Å². The Kier molecular flexibility index (Phi) is 2.13. The van der Waals surface area contributed by atoms with E-state index in [1.807, 2.05) is 0 Å². The maximum Gasteiger partial charge on any atom is 0.222 e. The summed E-state index contributed by atoms with van der Waals surface area (Å²) in [5.74, 6) is 0.364. The van der Waals surface area contributed by atoms with Crippen LogP contribution >= 0.6 is 0 Å². The monoisotopic (exact) mass is 204 g/mol. The summed E-state index contributed by atoms with van der Waals surface area (Å²) in [6.07, 6.45) is 2.95. The third-order valence-corrected chi connectivity index (χ3v) is 1.81. The highest BCUT2D eigenvalue weighted by molar-refractivity contribution is 6.01. The first-order chi connectivity index (χ1) is 7.18. The van der Waals surface area contributed by atoms with Gasteiger partial charge in [-0.2, -0.15) is 10.2 Å². The van der Waals surface area contributed by atoms with Crippen molar-refractivity contribution < 1.29 is 4.79 Å². The summed E-state index contributed by atoms with van der Waals surface area (Å²) in [5.41, 5.74) is 5.60. The van der Waals surface area contributed by atoms with Crippen LogP contribution in [0.3, 0.4) is 0 Å². The smallest absolute Gasteiger partial charge is 0.222 e. The minimum absolute atomic E-state index is 0.229. The minimum atomic E-state index is -0.229. The largest absolute Gasteiger partial charge is 0.382 e. The van der Waals surface area contributed by atoms with E-state index in [9.17, 15) is 4.79 Å². The van der Waals surface area contributed by atoms with Crippen molar-refractivity contribution in [3.05, 3.63) is 12.4 Å². The third kappa shape index (κ3) is 1.66. The first kappa shape index (κ1) is 9.25. The molecular formula is C8H8N6O. The van der Waals surface area contributed by atoms with Gasteiger partial charge in [0.25, 0.3) is 0 Å². The van der Waals surface area contributed by atoms with Crippen LogP contribution < -0.4 is 11.1 Å². The van der Waals surface area contributed by atoms with Gasteiger partial charge in [-0.25, -0.2) is 0 Å². The fourth-order valence-corrected chi connectivity index (χ4v) is 1.18. The minimum Gasteiger partial charge on any atom is -0.382 e. The number of hydrogen-bond donors (Lipinski definition) is 2. The van der Waals surface area contributed by atoms with Gasteiger partial charge < -0.3 is 11.1 Å². The van der Waals surface area contributed by atoms with Crippen LogP contribution in [0.25, 0.3) is 10.8 Å². The van der Waals surface area contributed by atoms with Crippen LogP contribution in [0.4, 0.5) is 11.6 Å². The Morgan fingerprint density at radius 3 is 2.60 bits per heavy atom. The number of nitrogens with two attached hydrogens (primary N) is 1. The molecule has 0 spiro atoms. The van der Waals surface area contributed by atoms with Crippen molar-refractivity contribution in [2.45, 2.75) is 6.92 Å². The zero-order valence-electron chi connectivity index (χ0n) is 7.93. The number of fused-ring (bicyclic) bond motifs is 1. The van der Waals surface area contributed by atoms with Crippen LogP contribution in [0, 0.1) is 0 Å². The van der Waals surface area contributed by atoms with Gasteiger partial charge in [-0.05, 0) is 0 Å². The molecule has 0 saturated carbocycles. The number of carbonyl (C=O) groups is 1. The van der Waals surface area contributed by atoms with E-state index in [0.29, 0.717) is 16.6 Å². The summed E-state index contributed by atoms with van der Waals surface area (Å²) in [7, 11) is 0. The lowest BCUT2D eigenvalue weighted by molar-refractivity contribution is -0.114. The Hall–Kier alpha value is -2.31. The van der Waals surface area contributed by atoms with Crippen molar-refractivity contribution in [1.29, 1.82) is 0 Å². The van der Waals surface area contributed by atoms with E-state index in [0.717, 1.165) is 0 Å². The summed E-state index contributed by atoms with van der Waals surface area (Å²) >= 11 is 0. The quantitative estimate of drug-likeness (QED) is 0.675. The second kappa shape index (κ2) is 3.45. The zero-order valence-corrected chi connectivity index (χ0v) is 7.93. The topological polar surface area (TPSA) is 107 Å². The number of anilines is 2. The number of hydrogen-bond acceptors (Lipinski definition) is 6. The Labute approximate surface area is 84.7 Å². The van der Waals surface area contributed by atoms with Crippen molar-refractivity contribution in [3.63, 3.8) is 0 Å². The van der Waals surface area contributed by atoms with Crippen LogP contribution in [0.5, 0.6) is 0 Å². The summed E-state index contributed by atoms with van der Waals surface area (Å²) in [6.45, 7) is 1.39. The Balaban J connectivity index is 2.66. The molecule has 7 heteroatoms. The number of carbonyl (C=O) groups excluding carboxylic acids is 1. The fourth-order valence-electron chi connectivity index (χ4n) is 1.18. The molecule has 0 saturated heterocycles. The summed E-state index contributed by atoms with van der Waals surface area (Å²) in [5, 5.41) is 18.6. The summed E-state index contributed by atoms with van der Waals surface area (Å²) in [6, 6.07) is 0. The Morgan fingerprint density at radius 2 is 1.93 bits per heavy atom. The Morgan fingerprint density at radius 1 is 1.27 bits per heavy atom. The number of nitrogens with zero attached hydrogens (tertiary/aromatic N) is 4. The molecule has 0 aromatic carbocycles. The highest BCUT2D eigenvalue weighted by Crippen LogP contribution is 2.21. The van der Waals surface area contributed by atoms with Gasteiger partial charge in [0.1, 0.15) is 0 Å². The van der Waals surface area contributed by atoms with Gasteiger partial charge in [0.2, 0.25) is 5.91 Å². The lowest BCUT2D eigenvalue weighted by Crippen LogP contribution is -2.10. The molecule has 2 heterocycles. The molecular weight excluding hydrogens is 196 g/mol. The molecule has 7 nitrogen and oxygen atoms in total. The average molecular weight is 204 g/mol. The van der Waals surface area contributed by atoms with Gasteiger partial charge in [-0.1, -0.05) is 0 Å². The van der Waals surface area contributed by atoms with Crippen molar-refractivity contribution in [1.82, 2.24) is 20.4 Å². The number of aromatic nitrogens is 4. The van der Waals surface area contributed by atoms with Crippen molar-refractivity contribution >= 4 is 28.3 Å². The van der Waals surface area contributed by atoms with Crippen LogP contribution in [-0.2, 0) is 4.79 Å². The lowest BCUT2D eigenvalue weighted by Gasteiger charge is -2.04. The predicted octanol–water partition coefficient (Wildman–Crippen LogP) is -0.0396. The molecule has 0 aliphatic heterocycles. The van der Waals surface area contributed by atoms with Crippen LogP contribution in [0.15, 0.2) is 12.4 Å². The standard InChI is InChI=1S/C8H8N6O/c1-4(15)12-8-6-3-11-10-2-5(6)7(9)13-14-8/h2-3H,1H3,(H2,9,13)(H,12,14,15). The fraction of sp³-hybridized carbons (Fsp3) is 0.125. The third-order valence-electron chi connectivity index (χ3n) is 1.81. The van der Waals surface area contributed by atoms with E-state index in [-0.39, 0.29) is 11.7 Å². The SMILES string of the molecule is CC(=O)Nc1nnc(N)c2cnncc12. The molecule has 0 aliphatic rings. The first-order valence-corrected chi connectivity index (χ1v) is 4.18. The number of nitrogens with one attached hydrogen (secondary N) is 1. The number of rotatable bonds is 1. The molecule has 2 aromatic rings. The zero-order chi connectivity index (χ0) is 10.8. The van der Waals surface area contributed by atoms with Crippen molar-refractivity contribution in [2.75, 3.05) is 11.1 Å². The molecule has 0 atom stereocenters. The molecule has 0 aliphatic carbocycles. The van der Waals surface area contributed by atoms with Gasteiger partial charge in [0.15, 0.2) is 11.6 Å². The van der Waals surface area contributed by atoms with Crippen LogP contribution in [0.2, 0.25) is 0 Å².